The van der Waals surface area contributed by atoms with Crippen molar-refractivity contribution in [1.29, 1.82) is 0 Å². The summed E-state index contributed by atoms with van der Waals surface area (Å²) in [5, 5.41) is 3.85. The number of nitrogens with one attached hydrogen (secondary N) is 2. The molecule has 2 N–H and O–H groups in total. The lowest BCUT2D eigenvalue weighted by Gasteiger charge is -2.20. The van der Waals surface area contributed by atoms with Crippen LogP contribution in [0, 0.1) is 34.6 Å². The van der Waals surface area contributed by atoms with Crippen molar-refractivity contribution in [3.8, 4) is 11.1 Å². The second kappa shape index (κ2) is 9.72. The zero-order valence-corrected chi connectivity index (χ0v) is 21.5. The zero-order chi connectivity index (χ0) is 24.4. The van der Waals surface area contributed by atoms with Gasteiger partial charge in [0.2, 0.25) is 5.69 Å². The highest BCUT2D eigenvalue weighted by Gasteiger charge is 2.24. The van der Waals surface area contributed by atoms with Crippen LogP contribution in [0.5, 0.6) is 0 Å². The Hall–Kier alpha value is -3.59. The molecule has 0 aliphatic heterocycles. The van der Waals surface area contributed by atoms with Crippen LogP contribution >= 0.6 is 0 Å². The van der Waals surface area contributed by atoms with Gasteiger partial charge in [-0.2, -0.15) is 0 Å². The van der Waals surface area contributed by atoms with Crippen LogP contribution in [0.25, 0.3) is 11.1 Å². The fourth-order valence-electron chi connectivity index (χ4n) is 4.83. The summed E-state index contributed by atoms with van der Waals surface area (Å²) < 4.78 is 2.42. The van der Waals surface area contributed by atoms with Crippen molar-refractivity contribution in [3.63, 3.8) is 0 Å². The Morgan fingerprint density at radius 2 is 1.29 bits per heavy atom. The molecular formula is C31H36N3+. The first-order valence-electron chi connectivity index (χ1n) is 12.1. The van der Waals surface area contributed by atoms with Crippen molar-refractivity contribution in [2.75, 3.05) is 5.32 Å². The SMILES string of the molecule is Cc1cccc(C)c1Nc1c(-c2ccccc2)c(C)c(C=[NH+]c2c(C)cccc2C)n1C(C)C. The lowest BCUT2D eigenvalue weighted by Crippen LogP contribution is -2.63. The van der Waals surface area contributed by atoms with E-state index < -0.39 is 0 Å². The summed E-state index contributed by atoms with van der Waals surface area (Å²) in [4.78, 5) is 3.64. The van der Waals surface area contributed by atoms with E-state index in [0.717, 1.165) is 5.82 Å². The van der Waals surface area contributed by atoms with Gasteiger partial charge < -0.3 is 9.88 Å². The van der Waals surface area contributed by atoms with E-state index in [-0.39, 0.29) is 6.04 Å². The first kappa shape index (κ1) is 23.6. The van der Waals surface area contributed by atoms with Crippen LogP contribution < -0.4 is 10.3 Å². The van der Waals surface area contributed by atoms with E-state index in [1.54, 1.807) is 0 Å². The topological polar surface area (TPSA) is 30.9 Å². The molecule has 0 fully saturated rings. The van der Waals surface area contributed by atoms with Crippen LogP contribution in [0.3, 0.4) is 0 Å². The van der Waals surface area contributed by atoms with Gasteiger partial charge in [-0.05, 0) is 70.7 Å². The van der Waals surface area contributed by atoms with Crippen molar-refractivity contribution in [2.24, 2.45) is 0 Å². The summed E-state index contributed by atoms with van der Waals surface area (Å²) in [6, 6.07) is 23.8. The molecule has 4 aromatic rings. The number of benzene rings is 3. The molecule has 0 amide bonds. The number of hydrogen-bond acceptors (Lipinski definition) is 1. The lowest BCUT2D eigenvalue weighted by atomic mass is 10.0. The predicted molar refractivity (Wildman–Crippen MR) is 146 cm³/mol. The van der Waals surface area contributed by atoms with Gasteiger partial charge in [-0.15, -0.1) is 0 Å². The Morgan fingerprint density at radius 3 is 1.85 bits per heavy atom. The van der Waals surface area contributed by atoms with E-state index in [1.165, 1.54) is 56.0 Å². The minimum atomic E-state index is 0.272. The number of aromatic nitrogens is 1. The molecule has 3 nitrogen and oxygen atoms in total. The number of para-hydroxylation sites is 2. The molecule has 0 radical (unpaired) electrons. The van der Waals surface area contributed by atoms with E-state index in [4.69, 9.17) is 0 Å². The maximum absolute atomic E-state index is 3.85. The summed E-state index contributed by atoms with van der Waals surface area (Å²) in [5.74, 6) is 1.13. The average molecular weight is 451 g/mol. The fraction of sp³-hybridized carbons (Fsp3) is 0.258. The Bertz CT molecular complexity index is 1300. The lowest BCUT2D eigenvalue weighted by molar-refractivity contribution is -0.348. The molecule has 4 rings (SSSR count). The van der Waals surface area contributed by atoms with E-state index >= 15 is 0 Å². The monoisotopic (exact) mass is 450 g/mol. The van der Waals surface area contributed by atoms with E-state index in [9.17, 15) is 0 Å². The summed E-state index contributed by atoms with van der Waals surface area (Å²) in [6.45, 7) is 15.4. The van der Waals surface area contributed by atoms with Crippen molar-refractivity contribution >= 4 is 23.4 Å². The molecule has 0 spiro atoms. The summed E-state index contributed by atoms with van der Waals surface area (Å²) in [5.41, 5.74) is 12.2. The van der Waals surface area contributed by atoms with Gasteiger partial charge in [0, 0.05) is 28.4 Å². The number of nitrogens with zero attached hydrogens (tertiary/aromatic N) is 1. The van der Waals surface area contributed by atoms with Gasteiger partial charge in [-0.3, -0.25) is 0 Å². The summed E-state index contributed by atoms with van der Waals surface area (Å²) in [6.07, 6.45) is 2.17. The quantitative estimate of drug-likeness (QED) is 0.309. The van der Waals surface area contributed by atoms with Gasteiger partial charge in [0.1, 0.15) is 11.5 Å². The first-order chi connectivity index (χ1) is 16.3. The largest absolute Gasteiger partial charge is 0.341 e. The third kappa shape index (κ3) is 4.43. The average Bonchev–Trinajstić information content (AvgIpc) is 3.08. The van der Waals surface area contributed by atoms with Gasteiger partial charge in [-0.1, -0.05) is 66.7 Å². The van der Waals surface area contributed by atoms with Gasteiger partial charge in [0.05, 0.1) is 0 Å². The molecule has 3 aromatic carbocycles. The minimum Gasteiger partial charge on any atom is -0.341 e. The Morgan fingerprint density at radius 1 is 0.735 bits per heavy atom. The minimum absolute atomic E-state index is 0.272. The van der Waals surface area contributed by atoms with Gasteiger partial charge in [0.15, 0.2) is 6.21 Å². The molecular weight excluding hydrogens is 414 g/mol. The van der Waals surface area contributed by atoms with Gasteiger partial charge in [-0.25, -0.2) is 4.99 Å². The van der Waals surface area contributed by atoms with E-state index in [1.807, 2.05) is 0 Å². The molecule has 174 valence electrons. The molecule has 0 bridgehead atoms. The maximum atomic E-state index is 3.85. The third-order valence-electron chi connectivity index (χ3n) is 6.63. The zero-order valence-electron chi connectivity index (χ0n) is 21.5. The standard InChI is InChI=1S/C31H35N3/c1-20(2)34-27(19-32-29-21(3)13-11-14-22(29)4)25(7)28(26-17-9-8-10-18-26)31(34)33-30-23(5)15-12-16-24(30)6/h8-20,33H,1-7H3/p+1. The number of hydrogen-bond donors (Lipinski definition) is 2. The van der Waals surface area contributed by atoms with Crippen LogP contribution in [-0.4, -0.2) is 10.8 Å². The maximum Gasteiger partial charge on any atom is 0.209 e. The normalized spacial score (nSPS) is 11.5. The number of rotatable bonds is 6. The molecule has 0 saturated heterocycles. The molecule has 0 unspecified atom stereocenters. The van der Waals surface area contributed by atoms with Crippen molar-refractivity contribution in [2.45, 2.75) is 54.5 Å². The molecule has 34 heavy (non-hydrogen) atoms. The van der Waals surface area contributed by atoms with E-state index in [0.29, 0.717) is 0 Å². The second-order valence-electron chi connectivity index (χ2n) is 9.51. The van der Waals surface area contributed by atoms with Crippen molar-refractivity contribution in [1.82, 2.24) is 4.57 Å². The highest BCUT2D eigenvalue weighted by Crippen LogP contribution is 2.40. The molecule has 1 aromatic heterocycles. The van der Waals surface area contributed by atoms with Crippen LogP contribution in [0.4, 0.5) is 17.2 Å². The van der Waals surface area contributed by atoms with Gasteiger partial charge >= 0.3 is 0 Å². The molecule has 3 heteroatoms. The molecule has 0 aliphatic rings. The molecule has 0 saturated carbocycles. The Balaban J connectivity index is 1.97. The highest BCUT2D eigenvalue weighted by atomic mass is 15.1. The number of anilines is 2. The van der Waals surface area contributed by atoms with Crippen LogP contribution in [-0.2, 0) is 0 Å². The van der Waals surface area contributed by atoms with Crippen LogP contribution in [0.2, 0.25) is 0 Å². The predicted octanol–water partition coefficient (Wildman–Crippen LogP) is 6.85. The highest BCUT2D eigenvalue weighted by molar-refractivity contribution is 5.91. The number of aryl methyl sites for hydroxylation is 4. The molecule has 0 atom stereocenters. The van der Waals surface area contributed by atoms with E-state index in [2.05, 4.69) is 136 Å². The molecule has 0 aliphatic carbocycles. The second-order valence-corrected chi connectivity index (χ2v) is 9.51. The third-order valence-corrected chi connectivity index (χ3v) is 6.63. The summed E-state index contributed by atoms with van der Waals surface area (Å²) >= 11 is 0. The smallest absolute Gasteiger partial charge is 0.209 e. The first-order valence-corrected chi connectivity index (χ1v) is 12.1. The Kier molecular flexibility index (Phi) is 6.74. The van der Waals surface area contributed by atoms with Crippen LogP contribution in [0.15, 0.2) is 66.7 Å². The Labute approximate surface area is 204 Å². The van der Waals surface area contributed by atoms with Gasteiger partial charge in [0.25, 0.3) is 0 Å². The summed E-state index contributed by atoms with van der Waals surface area (Å²) in [7, 11) is 0. The van der Waals surface area contributed by atoms with Crippen LogP contribution in [0.1, 0.15) is 53.4 Å². The van der Waals surface area contributed by atoms with Crippen molar-refractivity contribution < 1.29 is 4.99 Å². The van der Waals surface area contributed by atoms with Crippen molar-refractivity contribution in [3.05, 3.63) is 100 Å². The fourth-order valence-corrected chi connectivity index (χ4v) is 4.83. The molecule has 1 heterocycles.